The molecular weight excluding hydrogens is 399 g/mol. The van der Waals surface area contributed by atoms with Crippen LogP contribution in [0.2, 0.25) is 0 Å². The highest BCUT2D eigenvalue weighted by atomic mass is 32.2. The van der Waals surface area contributed by atoms with Gasteiger partial charge in [-0.15, -0.1) is 0 Å². The molecule has 2 aromatic heterocycles. The van der Waals surface area contributed by atoms with Gasteiger partial charge >= 0.3 is 5.76 Å². The molecule has 0 aliphatic rings. The first-order valence-corrected chi connectivity index (χ1v) is 9.32. The van der Waals surface area contributed by atoms with E-state index in [1.165, 1.54) is 6.07 Å². The minimum Gasteiger partial charge on any atom is -0.363 e. The third kappa shape index (κ3) is 4.05. The third-order valence-corrected chi connectivity index (χ3v) is 3.92. The summed E-state index contributed by atoms with van der Waals surface area (Å²) in [5, 5.41) is 22.5. The molecule has 0 amide bonds. The first-order valence-electron chi connectivity index (χ1n) is 7.50. The molecule has 3 aromatic rings. The van der Waals surface area contributed by atoms with E-state index >= 15 is 0 Å². The number of benzene rings is 1. The van der Waals surface area contributed by atoms with Crippen LogP contribution in [0, 0.1) is 17.1 Å². The Morgan fingerprint density at radius 1 is 1.36 bits per heavy atom. The van der Waals surface area contributed by atoms with Crippen molar-refractivity contribution >= 4 is 15.9 Å². The van der Waals surface area contributed by atoms with Gasteiger partial charge < -0.3 is 5.32 Å². The van der Waals surface area contributed by atoms with E-state index in [0.29, 0.717) is 0 Å². The Morgan fingerprint density at radius 3 is 2.86 bits per heavy atom. The van der Waals surface area contributed by atoms with Crippen molar-refractivity contribution in [3.8, 4) is 23.3 Å². The molecule has 2 heterocycles. The Morgan fingerprint density at radius 2 is 2.14 bits per heavy atom. The number of hydrogen-bond acceptors (Lipinski definition) is 11. The number of hydrogen-bond donors (Lipinski definition) is 1. The van der Waals surface area contributed by atoms with Crippen molar-refractivity contribution in [3.63, 3.8) is 0 Å². The van der Waals surface area contributed by atoms with Crippen LogP contribution in [0.3, 0.4) is 0 Å². The molecule has 0 fully saturated rings. The molecule has 28 heavy (non-hydrogen) atoms. The van der Waals surface area contributed by atoms with E-state index in [4.69, 9.17) is 5.26 Å². The molecule has 3 rings (SSSR count). The summed E-state index contributed by atoms with van der Waals surface area (Å²) in [7, 11) is -3.61. The Labute approximate surface area is 156 Å². The van der Waals surface area contributed by atoms with Crippen molar-refractivity contribution in [3.05, 3.63) is 40.1 Å². The summed E-state index contributed by atoms with van der Waals surface area (Å²) in [6.07, 6.45) is 0.905. The quantitative estimate of drug-likeness (QED) is 0.419. The van der Waals surface area contributed by atoms with Crippen LogP contribution in [0.1, 0.15) is 5.56 Å². The smallest absolute Gasteiger partial charge is 0.363 e. The minimum absolute atomic E-state index is 0.0193. The number of anilines is 1. The van der Waals surface area contributed by atoms with Gasteiger partial charge in [0.05, 0.1) is 24.1 Å². The second-order valence-electron chi connectivity index (χ2n) is 5.30. The molecule has 0 radical (unpaired) electrons. The molecular formula is C14H11FN6O6S. The maximum absolute atomic E-state index is 13.6. The fourth-order valence-corrected chi connectivity index (χ4v) is 2.57. The van der Waals surface area contributed by atoms with E-state index in [0.717, 1.165) is 23.0 Å². The van der Waals surface area contributed by atoms with Gasteiger partial charge in [-0.3, -0.25) is 8.71 Å². The monoisotopic (exact) mass is 410 g/mol. The van der Waals surface area contributed by atoms with E-state index in [9.17, 15) is 17.6 Å². The van der Waals surface area contributed by atoms with Crippen LogP contribution < -0.4 is 11.1 Å². The SMILES string of the molecule is CS(=O)(=O)OCCNc1nonc1-c1noc(=O)n1-c1ccc(F)c(C#N)c1. The second kappa shape index (κ2) is 7.58. The molecule has 146 valence electrons. The van der Waals surface area contributed by atoms with Gasteiger partial charge in [0.2, 0.25) is 11.6 Å². The van der Waals surface area contributed by atoms with Crippen molar-refractivity contribution in [2.24, 2.45) is 0 Å². The lowest BCUT2D eigenvalue weighted by Gasteiger charge is -2.05. The highest BCUT2D eigenvalue weighted by Crippen LogP contribution is 2.24. The van der Waals surface area contributed by atoms with Crippen molar-refractivity contribution in [2.75, 3.05) is 24.7 Å². The van der Waals surface area contributed by atoms with E-state index in [1.807, 2.05) is 0 Å². The largest absolute Gasteiger partial charge is 0.446 e. The molecule has 0 saturated heterocycles. The van der Waals surface area contributed by atoms with E-state index < -0.39 is 21.7 Å². The molecule has 0 atom stereocenters. The number of nitrogens with one attached hydrogen (secondary N) is 1. The predicted octanol–water partition coefficient (Wildman–Crippen LogP) is 0.274. The standard InChI is InChI=1S/C14H11FN6O6S/c1-28(23,24)25-5-4-17-12-11(18-27-19-12)13-20-26-14(22)21(13)9-2-3-10(15)8(6-9)7-16/h2-3,6H,4-5H2,1H3,(H,17,19). The summed E-state index contributed by atoms with van der Waals surface area (Å²) < 4.78 is 50.3. The van der Waals surface area contributed by atoms with Crippen LogP contribution in [-0.4, -0.2) is 47.9 Å². The number of aromatic nitrogens is 4. The van der Waals surface area contributed by atoms with Crippen LogP contribution in [0.5, 0.6) is 0 Å². The molecule has 0 aliphatic heterocycles. The lowest BCUT2D eigenvalue weighted by atomic mass is 10.2. The maximum atomic E-state index is 13.6. The first-order chi connectivity index (χ1) is 13.3. The van der Waals surface area contributed by atoms with Gasteiger partial charge in [0.25, 0.3) is 10.1 Å². The Kier molecular flexibility index (Phi) is 5.20. The number of nitrogens with zero attached hydrogens (tertiary/aromatic N) is 5. The summed E-state index contributed by atoms with van der Waals surface area (Å²) in [5.74, 6) is -1.77. The molecule has 1 aromatic carbocycles. The fourth-order valence-electron chi connectivity index (χ4n) is 2.18. The summed E-state index contributed by atoms with van der Waals surface area (Å²) in [5.41, 5.74) is -0.215. The zero-order valence-corrected chi connectivity index (χ0v) is 14.9. The number of rotatable bonds is 7. The molecule has 1 N–H and O–H groups in total. The fraction of sp³-hybridized carbons (Fsp3) is 0.214. The van der Waals surface area contributed by atoms with Crippen molar-refractivity contribution < 1.29 is 26.1 Å². The normalized spacial score (nSPS) is 11.3. The molecule has 0 bridgehead atoms. The minimum atomic E-state index is -3.61. The zero-order valence-electron chi connectivity index (χ0n) is 14.1. The topological polar surface area (TPSA) is 166 Å². The van der Waals surface area contributed by atoms with E-state index in [-0.39, 0.29) is 41.7 Å². The number of nitriles is 1. The second-order valence-corrected chi connectivity index (χ2v) is 6.94. The van der Waals surface area contributed by atoms with Crippen LogP contribution in [0.4, 0.5) is 10.2 Å². The summed E-state index contributed by atoms with van der Waals surface area (Å²) in [6, 6.07) is 5.07. The lowest BCUT2D eigenvalue weighted by molar-refractivity contribution is 0.308. The van der Waals surface area contributed by atoms with Crippen LogP contribution in [0.25, 0.3) is 17.2 Å². The summed E-state index contributed by atoms with van der Waals surface area (Å²) >= 11 is 0. The van der Waals surface area contributed by atoms with Crippen LogP contribution in [0.15, 0.2) is 32.1 Å². The predicted molar refractivity (Wildman–Crippen MR) is 89.4 cm³/mol. The third-order valence-electron chi connectivity index (χ3n) is 3.33. The van der Waals surface area contributed by atoms with Gasteiger partial charge in [-0.2, -0.15) is 13.7 Å². The average molecular weight is 410 g/mol. The van der Waals surface area contributed by atoms with Crippen LogP contribution >= 0.6 is 0 Å². The van der Waals surface area contributed by atoms with Gasteiger partial charge in [-0.1, -0.05) is 5.16 Å². The van der Waals surface area contributed by atoms with Crippen molar-refractivity contribution in [2.45, 2.75) is 0 Å². The van der Waals surface area contributed by atoms with Gasteiger partial charge in [-0.05, 0) is 28.5 Å². The van der Waals surface area contributed by atoms with Crippen molar-refractivity contribution in [1.82, 2.24) is 20.0 Å². The first kappa shape index (κ1) is 19.2. The number of halogens is 1. The van der Waals surface area contributed by atoms with Gasteiger partial charge in [0.1, 0.15) is 11.9 Å². The summed E-state index contributed by atoms with van der Waals surface area (Å²) in [4.78, 5) is 12.1. The van der Waals surface area contributed by atoms with E-state index in [1.54, 1.807) is 6.07 Å². The van der Waals surface area contributed by atoms with Gasteiger partial charge in [0.15, 0.2) is 5.69 Å². The van der Waals surface area contributed by atoms with Crippen LogP contribution in [-0.2, 0) is 14.3 Å². The van der Waals surface area contributed by atoms with Gasteiger partial charge in [0, 0.05) is 6.54 Å². The Hall–Kier alpha value is -3.57. The maximum Gasteiger partial charge on any atom is 0.446 e. The molecule has 0 unspecified atom stereocenters. The van der Waals surface area contributed by atoms with Gasteiger partial charge in [-0.25, -0.2) is 18.4 Å². The van der Waals surface area contributed by atoms with E-state index in [2.05, 4.69) is 34.1 Å². The molecule has 14 heteroatoms. The molecule has 12 nitrogen and oxygen atoms in total. The average Bonchev–Trinajstić information content (AvgIpc) is 3.24. The highest BCUT2D eigenvalue weighted by molar-refractivity contribution is 7.85. The molecule has 0 saturated carbocycles. The highest BCUT2D eigenvalue weighted by Gasteiger charge is 2.23. The lowest BCUT2D eigenvalue weighted by Crippen LogP contribution is -2.15. The Bertz CT molecular complexity index is 1210. The molecule has 0 spiro atoms. The van der Waals surface area contributed by atoms with Crippen molar-refractivity contribution in [1.29, 1.82) is 5.26 Å². The molecule has 0 aliphatic carbocycles. The Balaban J connectivity index is 1.92. The zero-order chi connectivity index (χ0) is 20.3. The summed E-state index contributed by atoms with van der Waals surface area (Å²) in [6.45, 7) is -0.175.